The molecule has 50 valence electrons. The van der Waals surface area contributed by atoms with Gasteiger partial charge in [-0.05, 0) is 25.0 Å². The number of rotatable bonds is 3. The van der Waals surface area contributed by atoms with Crippen LogP contribution in [0.3, 0.4) is 0 Å². The van der Waals surface area contributed by atoms with E-state index in [-0.39, 0.29) is 5.78 Å². The highest BCUT2D eigenvalue weighted by molar-refractivity contribution is 6.02. The summed E-state index contributed by atoms with van der Waals surface area (Å²) in [6.45, 7) is 7.21. The summed E-state index contributed by atoms with van der Waals surface area (Å²) in [5, 5.41) is 0. The van der Waals surface area contributed by atoms with E-state index in [1.54, 1.807) is 13.0 Å². The lowest BCUT2D eigenvalue weighted by Gasteiger charge is -1.86. The van der Waals surface area contributed by atoms with Crippen LogP contribution in [0.2, 0.25) is 0 Å². The summed E-state index contributed by atoms with van der Waals surface area (Å²) >= 11 is 0. The Hall–Kier alpha value is -0.850. The lowest BCUT2D eigenvalue weighted by atomic mass is 10.2. The molecule has 0 aromatic carbocycles. The summed E-state index contributed by atoms with van der Waals surface area (Å²) < 4.78 is 0. The molecule has 0 aromatic heterocycles. The van der Waals surface area contributed by atoms with E-state index in [4.69, 9.17) is 0 Å². The zero-order chi connectivity index (χ0) is 7.28. The summed E-state index contributed by atoms with van der Waals surface area (Å²) in [6, 6.07) is 0. The van der Waals surface area contributed by atoms with Crippen LogP contribution in [0.4, 0.5) is 0 Å². The van der Waals surface area contributed by atoms with Crippen LogP contribution in [0.15, 0.2) is 24.3 Å². The molecule has 0 aliphatic carbocycles. The van der Waals surface area contributed by atoms with E-state index < -0.39 is 0 Å². The summed E-state index contributed by atoms with van der Waals surface area (Å²) in [7, 11) is 0. The van der Waals surface area contributed by atoms with E-state index in [9.17, 15) is 4.79 Å². The molecule has 0 saturated heterocycles. The highest BCUT2D eigenvalue weighted by Crippen LogP contribution is 1.91. The maximum Gasteiger partial charge on any atom is 0.180 e. The number of carbonyl (C=O) groups is 1. The van der Waals surface area contributed by atoms with E-state index in [0.29, 0.717) is 5.57 Å². The molecule has 0 aromatic rings. The van der Waals surface area contributed by atoms with Crippen molar-refractivity contribution < 1.29 is 4.79 Å². The largest absolute Gasteiger partial charge is 0.290 e. The van der Waals surface area contributed by atoms with Crippen molar-refractivity contribution in [2.24, 2.45) is 0 Å². The average Bonchev–Trinajstić information content (AvgIpc) is 1.82. The second-order valence-corrected chi connectivity index (χ2v) is 1.96. The van der Waals surface area contributed by atoms with Gasteiger partial charge in [-0.1, -0.05) is 19.6 Å². The zero-order valence-corrected chi connectivity index (χ0v) is 5.98. The normalized spacial score (nSPS) is 10.0. The topological polar surface area (TPSA) is 17.1 Å². The Morgan fingerprint density at radius 3 is 2.56 bits per heavy atom. The summed E-state index contributed by atoms with van der Waals surface area (Å²) in [6.07, 6.45) is 4.29. The van der Waals surface area contributed by atoms with Gasteiger partial charge in [-0.25, -0.2) is 0 Å². The molecule has 0 fully saturated rings. The van der Waals surface area contributed by atoms with E-state index in [1.165, 1.54) is 0 Å². The van der Waals surface area contributed by atoms with Crippen LogP contribution in [-0.4, -0.2) is 5.78 Å². The maximum atomic E-state index is 10.7. The Balaban J connectivity index is 3.77. The van der Waals surface area contributed by atoms with E-state index in [1.807, 2.05) is 13.0 Å². The highest BCUT2D eigenvalue weighted by Gasteiger charge is 1.92. The Kier molecular flexibility index (Phi) is 3.69. The zero-order valence-electron chi connectivity index (χ0n) is 5.98. The van der Waals surface area contributed by atoms with Crippen LogP contribution in [0.5, 0.6) is 0 Å². The first-order valence-electron chi connectivity index (χ1n) is 3.05. The van der Waals surface area contributed by atoms with Gasteiger partial charge in [0, 0.05) is 0 Å². The molecule has 0 rings (SSSR count). The van der Waals surface area contributed by atoms with Crippen molar-refractivity contribution in [1.29, 1.82) is 0 Å². The molecule has 0 radical (unpaired) electrons. The highest BCUT2D eigenvalue weighted by atomic mass is 16.1. The number of ketones is 1. The van der Waals surface area contributed by atoms with Crippen LogP contribution < -0.4 is 0 Å². The lowest BCUT2D eigenvalue weighted by molar-refractivity contribution is -0.111. The van der Waals surface area contributed by atoms with Crippen molar-refractivity contribution >= 4 is 5.78 Å². The van der Waals surface area contributed by atoms with Gasteiger partial charge in [0.2, 0.25) is 0 Å². The second kappa shape index (κ2) is 4.07. The Bertz CT molecular complexity index is 143. The molecule has 1 nitrogen and oxygen atoms in total. The molecule has 1 heteroatoms. The number of hydrogen-bond donors (Lipinski definition) is 0. The van der Waals surface area contributed by atoms with Gasteiger partial charge in [0.25, 0.3) is 0 Å². The standard InChI is InChI=1S/C8H12O/c1-4-5-6-8(9)7(2)3/h5-6H,2,4H2,1,3H3/b6-5-. The van der Waals surface area contributed by atoms with Crippen LogP contribution in [0, 0.1) is 0 Å². The molecule has 0 aliphatic rings. The second-order valence-electron chi connectivity index (χ2n) is 1.96. The molecule has 0 atom stereocenters. The number of allylic oxidation sites excluding steroid dienone is 3. The van der Waals surface area contributed by atoms with Gasteiger partial charge in [-0.15, -0.1) is 0 Å². The molecule has 0 N–H and O–H groups in total. The van der Waals surface area contributed by atoms with Gasteiger partial charge in [-0.2, -0.15) is 0 Å². The molecule has 0 saturated carbocycles. The molecule has 0 bridgehead atoms. The van der Waals surface area contributed by atoms with Crippen molar-refractivity contribution in [2.75, 3.05) is 0 Å². The van der Waals surface area contributed by atoms with Crippen molar-refractivity contribution in [3.8, 4) is 0 Å². The minimum absolute atomic E-state index is 0.0249. The van der Waals surface area contributed by atoms with Crippen molar-refractivity contribution in [3.05, 3.63) is 24.3 Å². The Labute approximate surface area is 56.1 Å². The Morgan fingerprint density at radius 1 is 1.67 bits per heavy atom. The van der Waals surface area contributed by atoms with Crippen molar-refractivity contribution in [2.45, 2.75) is 20.3 Å². The van der Waals surface area contributed by atoms with Gasteiger partial charge < -0.3 is 0 Å². The summed E-state index contributed by atoms with van der Waals surface area (Å²) in [4.78, 5) is 10.7. The molecular weight excluding hydrogens is 112 g/mol. The first kappa shape index (κ1) is 8.15. The molecular formula is C8H12O. The lowest BCUT2D eigenvalue weighted by Crippen LogP contribution is -1.90. The van der Waals surface area contributed by atoms with Crippen LogP contribution in [0.25, 0.3) is 0 Å². The third-order valence-corrected chi connectivity index (χ3v) is 0.926. The minimum atomic E-state index is 0.0249. The first-order chi connectivity index (χ1) is 4.18. The molecule has 0 spiro atoms. The third-order valence-electron chi connectivity index (χ3n) is 0.926. The first-order valence-corrected chi connectivity index (χ1v) is 3.05. The quantitative estimate of drug-likeness (QED) is 0.526. The average molecular weight is 124 g/mol. The van der Waals surface area contributed by atoms with Gasteiger partial charge in [0.1, 0.15) is 0 Å². The molecule has 0 aliphatic heterocycles. The number of carbonyl (C=O) groups excluding carboxylic acids is 1. The fourth-order valence-electron chi connectivity index (χ4n) is 0.367. The predicted molar refractivity (Wildman–Crippen MR) is 39.3 cm³/mol. The minimum Gasteiger partial charge on any atom is -0.290 e. The van der Waals surface area contributed by atoms with Crippen LogP contribution in [-0.2, 0) is 4.79 Å². The fraction of sp³-hybridized carbons (Fsp3) is 0.375. The predicted octanol–water partition coefficient (Wildman–Crippen LogP) is 2.10. The molecule has 0 heterocycles. The number of hydrogen-bond acceptors (Lipinski definition) is 1. The monoisotopic (exact) mass is 124 g/mol. The van der Waals surface area contributed by atoms with E-state index in [0.717, 1.165) is 6.42 Å². The SMILES string of the molecule is C=C(C)C(=O)/C=C\CC. The molecule has 9 heavy (non-hydrogen) atoms. The molecule has 0 amide bonds. The third kappa shape index (κ3) is 3.71. The summed E-state index contributed by atoms with van der Waals surface area (Å²) in [5.74, 6) is 0.0249. The van der Waals surface area contributed by atoms with E-state index in [2.05, 4.69) is 6.58 Å². The van der Waals surface area contributed by atoms with Crippen molar-refractivity contribution in [1.82, 2.24) is 0 Å². The van der Waals surface area contributed by atoms with Gasteiger partial charge >= 0.3 is 0 Å². The van der Waals surface area contributed by atoms with Gasteiger partial charge in [0.15, 0.2) is 5.78 Å². The molecule has 0 unspecified atom stereocenters. The smallest absolute Gasteiger partial charge is 0.180 e. The van der Waals surface area contributed by atoms with Crippen LogP contribution in [0.1, 0.15) is 20.3 Å². The summed E-state index contributed by atoms with van der Waals surface area (Å²) in [5.41, 5.74) is 0.597. The van der Waals surface area contributed by atoms with Gasteiger partial charge in [0.05, 0.1) is 0 Å². The van der Waals surface area contributed by atoms with E-state index >= 15 is 0 Å². The van der Waals surface area contributed by atoms with Gasteiger partial charge in [-0.3, -0.25) is 4.79 Å². The van der Waals surface area contributed by atoms with Crippen LogP contribution >= 0.6 is 0 Å². The maximum absolute atomic E-state index is 10.7. The Morgan fingerprint density at radius 2 is 2.22 bits per heavy atom. The fourth-order valence-corrected chi connectivity index (χ4v) is 0.367. The van der Waals surface area contributed by atoms with Crippen molar-refractivity contribution in [3.63, 3.8) is 0 Å².